The molecule has 1 N–H and O–H groups in total. The average molecular weight is 478 g/mol. The molecule has 0 radical (unpaired) electrons. The third-order valence-electron chi connectivity index (χ3n) is 5.29. The Balaban J connectivity index is 2.10. The lowest BCUT2D eigenvalue weighted by atomic mass is 9.98. The first kappa shape index (κ1) is 24.7. The molecule has 1 aromatic carbocycles. The standard InChI is InChI=1S/C24H28ClNO7/c1-13(2)32-10-6-9-26-21(17-8-7-14(3)33-17)20(23(28)24(26)29)22(27)15-11-16(25)19(31-5)12-18(15)30-4/h7-8,11-13,21,27H,6,9-10H2,1-5H3/b22-20+. The van der Waals surface area contributed by atoms with Crippen molar-refractivity contribution in [2.75, 3.05) is 27.4 Å². The molecule has 3 rings (SSSR count). The van der Waals surface area contributed by atoms with Crippen LogP contribution in [0.3, 0.4) is 0 Å². The number of hydrogen-bond donors (Lipinski definition) is 1. The second kappa shape index (κ2) is 10.3. The zero-order valence-electron chi connectivity index (χ0n) is 19.3. The molecule has 1 aromatic heterocycles. The third kappa shape index (κ3) is 5.02. The van der Waals surface area contributed by atoms with Crippen LogP contribution in [0.15, 0.2) is 34.3 Å². The van der Waals surface area contributed by atoms with Crippen LogP contribution < -0.4 is 9.47 Å². The van der Waals surface area contributed by atoms with Gasteiger partial charge in [-0.05, 0) is 45.4 Å². The Morgan fingerprint density at radius 2 is 1.88 bits per heavy atom. The molecule has 178 valence electrons. The highest BCUT2D eigenvalue weighted by Gasteiger charge is 2.47. The van der Waals surface area contributed by atoms with Gasteiger partial charge in [-0.3, -0.25) is 9.59 Å². The molecular weight excluding hydrogens is 450 g/mol. The second-order valence-corrected chi connectivity index (χ2v) is 8.31. The summed E-state index contributed by atoms with van der Waals surface area (Å²) in [6.07, 6.45) is 0.565. The number of ketones is 1. The Kier molecular flexibility index (Phi) is 7.71. The lowest BCUT2D eigenvalue weighted by Gasteiger charge is -2.23. The first-order chi connectivity index (χ1) is 15.7. The summed E-state index contributed by atoms with van der Waals surface area (Å²) in [6, 6.07) is 5.46. The smallest absolute Gasteiger partial charge is 0.295 e. The van der Waals surface area contributed by atoms with Crippen molar-refractivity contribution >= 4 is 29.1 Å². The van der Waals surface area contributed by atoms with Crippen LogP contribution in [0.1, 0.15) is 43.4 Å². The van der Waals surface area contributed by atoms with E-state index in [1.54, 1.807) is 19.1 Å². The van der Waals surface area contributed by atoms with Gasteiger partial charge in [0.1, 0.15) is 34.8 Å². The Hall–Kier alpha value is -2.97. The highest BCUT2D eigenvalue weighted by atomic mass is 35.5. The maximum absolute atomic E-state index is 13.1. The van der Waals surface area contributed by atoms with Crippen molar-refractivity contribution in [2.24, 2.45) is 0 Å². The number of furan rings is 1. The van der Waals surface area contributed by atoms with Crippen LogP contribution in [-0.2, 0) is 14.3 Å². The summed E-state index contributed by atoms with van der Waals surface area (Å²) in [4.78, 5) is 27.4. The van der Waals surface area contributed by atoms with Crippen LogP contribution in [-0.4, -0.2) is 55.2 Å². The van der Waals surface area contributed by atoms with Crippen LogP contribution >= 0.6 is 11.6 Å². The number of amides is 1. The summed E-state index contributed by atoms with van der Waals surface area (Å²) in [7, 11) is 2.87. The molecule has 0 aliphatic carbocycles. The van der Waals surface area contributed by atoms with E-state index in [0.29, 0.717) is 30.3 Å². The van der Waals surface area contributed by atoms with E-state index in [1.165, 1.54) is 31.3 Å². The number of Topliss-reactive ketones (excluding diaryl/α,β-unsaturated/α-hetero) is 1. The van der Waals surface area contributed by atoms with Crippen molar-refractivity contribution < 1.29 is 33.3 Å². The fourth-order valence-electron chi connectivity index (χ4n) is 3.75. The molecule has 0 spiro atoms. The largest absolute Gasteiger partial charge is 0.507 e. The minimum Gasteiger partial charge on any atom is -0.507 e. The van der Waals surface area contributed by atoms with Crippen LogP contribution in [0.25, 0.3) is 5.76 Å². The number of aliphatic hydroxyl groups excluding tert-OH is 1. The number of likely N-dealkylation sites (tertiary alicyclic amines) is 1. The molecular formula is C24H28ClNO7. The predicted octanol–water partition coefficient (Wildman–Crippen LogP) is 4.50. The molecule has 1 saturated heterocycles. The molecule has 33 heavy (non-hydrogen) atoms. The van der Waals surface area contributed by atoms with Gasteiger partial charge in [-0.1, -0.05) is 11.6 Å². The van der Waals surface area contributed by atoms with Crippen molar-refractivity contribution in [2.45, 2.75) is 39.3 Å². The maximum Gasteiger partial charge on any atom is 0.295 e. The molecule has 9 heteroatoms. The fourth-order valence-corrected chi connectivity index (χ4v) is 3.99. The van der Waals surface area contributed by atoms with Gasteiger partial charge in [0.25, 0.3) is 11.7 Å². The summed E-state index contributed by atoms with van der Waals surface area (Å²) in [5.74, 6) is -0.382. The summed E-state index contributed by atoms with van der Waals surface area (Å²) >= 11 is 6.26. The number of nitrogens with zero attached hydrogens (tertiary/aromatic N) is 1. The number of aliphatic hydroxyl groups is 1. The Bertz CT molecular complexity index is 1070. The Morgan fingerprint density at radius 3 is 2.45 bits per heavy atom. The third-order valence-corrected chi connectivity index (χ3v) is 5.59. The predicted molar refractivity (Wildman–Crippen MR) is 123 cm³/mol. The molecule has 0 bridgehead atoms. The van der Waals surface area contributed by atoms with Crippen LogP contribution in [0, 0.1) is 6.92 Å². The number of hydrogen-bond acceptors (Lipinski definition) is 7. The molecule has 1 atom stereocenters. The molecule has 1 fully saturated rings. The highest BCUT2D eigenvalue weighted by molar-refractivity contribution is 6.46. The number of carbonyl (C=O) groups excluding carboxylic acids is 2. The van der Waals surface area contributed by atoms with Crippen molar-refractivity contribution in [3.05, 3.63) is 51.9 Å². The average Bonchev–Trinajstić information content (AvgIpc) is 3.31. The Labute approximate surface area is 197 Å². The lowest BCUT2D eigenvalue weighted by molar-refractivity contribution is -0.140. The van der Waals surface area contributed by atoms with E-state index in [-0.39, 0.29) is 34.6 Å². The monoisotopic (exact) mass is 477 g/mol. The number of carbonyl (C=O) groups is 2. The quantitative estimate of drug-likeness (QED) is 0.246. The maximum atomic E-state index is 13.1. The number of rotatable bonds is 9. The van der Waals surface area contributed by atoms with Gasteiger partial charge in [-0.2, -0.15) is 0 Å². The lowest BCUT2D eigenvalue weighted by Crippen LogP contribution is -2.31. The van der Waals surface area contributed by atoms with Crippen molar-refractivity contribution in [3.8, 4) is 11.5 Å². The van der Waals surface area contributed by atoms with Gasteiger partial charge in [0.15, 0.2) is 0 Å². The van der Waals surface area contributed by atoms with E-state index < -0.39 is 23.5 Å². The Morgan fingerprint density at radius 1 is 1.18 bits per heavy atom. The van der Waals surface area contributed by atoms with E-state index in [0.717, 1.165) is 0 Å². The molecule has 1 aliphatic heterocycles. The van der Waals surface area contributed by atoms with E-state index >= 15 is 0 Å². The summed E-state index contributed by atoms with van der Waals surface area (Å²) in [5.41, 5.74) is 0.0661. The van der Waals surface area contributed by atoms with Crippen molar-refractivity contribution in [1.82, 2.24) is 4.90 Å². The molecule has 1 unspecified atom stereocenters. The van der Waals surface area contributed by atoms with E-state index in [4.69, 9.17) is 30.2 Å². The molecule has 0 saturated carbocycles. The van der Waals surface area contributed by atoms with Gasteiger partial charge in [0, 0.05) is 19.2 Å². The second-order valence-electron chi connectivity index (χ2n) is 7.90. The van der Waals surface area contributed by atoms with Crippen LogP contribution in [0.5, 0.6) is 11.5 Å². The number of aryl methyl sites for hydroxylation is 1. The summed E-state index contributed by atoms with van der Waals surface area (Å²) in [6.45, 7) is 6.28. The van der Waals surface area contributed by atoms with Gasteiger partial charge in [0.2, 0.25) is 0 Å². The van der Waals surface area contributed by atoms with Gasteiger partial charge in [0.05, 0.1) is 36.5 Å². The van der Waals surface area contributed by atoms with Gasteiger partial charge in [-0.25, -0.2) is 0 Å². The first-order valence-electron chi connectivity index (χ1n) is 10.6. The zero-order valence-corrected chi connectivity index (χ0v) is 20.1. The molecule has 2 heterocycles. The van der Waals surface area contributed by atoms with Gasteiger partial charge < -0.3 is 28.6 Å². The van der Waals surface area contributed by atoms with Crippen molar-refractivity contribution in [3.63, 3.8) is 0 Å². The number of ether oxygens (including phenoxy) is 3. The van der Waals surface area contributed by atoms with E-state index in [2.05, 4.69) is 0 Å². The molecule has 2 aromatic rings. The zero-order chi connectivity index (χ0) is 24.3. The molecule has 1 amide bonds. The van der Waals surface area contributed by atoms with E-state index in [9.17, 15) is 14.7 Å². The molecule has 1 aliphatic rings. The van der Waals surface area contributed by atoms with Crippen molar-refractivity contribution in [1.29, 1.82) is 0 Å². The van der Waals surface area contributed by atoms with E-state index in [1.807, 2.05) is 13.8 Å². The van der Waals surface area contributed by atoms with Gasteiger partial charge >= 0.3 is 0 Å². The summed E-state index contributed by atoms with van der Waals surface area (Å²) < 4.78 is 21.9. The van der Waals surface area contributed by atoms with Crippen LogP contribution in [0.4, 0.5) is 0 Å². The summed E-state index contributed by atoms with van der Waals surface area (Å²) in [5, 5.41) is 11.5. The minimum atomic E-state index is -0.900. The highest BCUT2D eigenvalue weighted by Crippen LogP contribution is 2.43. The normalized spacial score (nSPS) is 17.8. The fraction of sp³-hybridized carbons (Fsp3) is 0.417. The first-order valence-corrected chi connectivity index (χ1v) is 11.0. The number of methoxy groups -OCH3 is 2. The van der Waals surface area contributed by atoms with Gasteiger partial charge in [-0.15, -0.1) is 0 Å². The number of halogens is 1. The number of benzene rings is 1. The molecule has 8 nitrogen and oxygen atoms in total. The van der Waals surface area contributed by atoms with Crippen LogP contribution in [0.2, 0.25) is 5.02 Å². The minimum absolute atomic E-state index is 0.0521. The SMILES string of the molecule is COc1cc(OC)c(/C(O)=C2\C(=O)C(=O)N(CCCOC(C)C)C2c2ccc(C)o2)cc1Cl. The topological polar surface area (TPSA) is 98.4 Å².